The average Bonchev–Trinajstić information content (AvgIpc) is 2.00. The molecule has 0 aliphatic carbocycles. The Morgan fingerprint density at radius 3 is 1.50 bits per heavy atom. The van der Waals surface area contributed by atoms with E-state index in [9.17, 15) is 0 Å². The number of aryl methyl sites for hydroxylation is 4. The number of rotatable bonds is 0. The molecule has 4 aliphatic heterocycles. The third-order valence-electron chi connectivity index (χ3n) is 17.8. The first-order valence-electron chi connectivity index (χ1n) is 27.8. The van der Waals surface area contributed by atoms with Gasteiger partial charge in [-0.2, -0.15) is 6.07 Å². The van der Waals surface area contributed by atoms with Crippen LogP contribution in [0, 0.1) is 24.4 Å². The summed E-state index contributed by atoms with van der Waals surface area (Å²) in [7, 11) is 0. The molecule has 4 aliphatic rings. The zero-order chi connectivity index (χ0) is 53.2. The SMILES string of the molecule is CC1(C)Cc2cccc3c4ccc[c-]c4c4ncc1n4c23.CC1(C)Cc2cnc3c4[c-]cccc4c4cccc1c4n23.[Ir].[Ir].[Ir].[Ir].[c-]1cncc2c1c1ncc3n1c1c(cccc21)CC3.[c-]1nccc2c1c1ncc3n1c1c(cccc21)CC3. The van der Waals surface area contributed by atoms with Gasteiger partial charge in [-0.3, -0.25) is 19.9 Å². The molecule has 10 aromatic heterocycles. The number of aromatic nitrogens is 10. The van der Waals surface area contributed by atoms with Crippen LogP contribution in [0.4, 0.5) is 0 Å². The molecule has 0 bridgehead atoms. The first-order chi connectivity index (χ1) is 39.2. The first-order valence-corrected chi connectivity index (χ1v) is 27.8. The van der Waals surface area contributed by atoms with E-state index in [0.29, 0.717) is 0 Å². The van der Waals surface area contributed by atoms with E-state index in [0.717, 1.165) is 88.0 Å². The smallest absolute Gasteiger partial charge is 0.0626 e. The Morgan fingerprint density at radius 1 is 0.393 bits per heavy atom. The predicted octanol–water partition coefficient (Wildman–Crippen LogP) is 14.4. The molecular formula is C70H50Ir4N10-4. The maximum absolute atomic E-state index is 4.73. The summed E-state index contributed by atoms with van der Waals surface area (Å²) >= 11 is 0. The third-order valence-corrected chi connectivity index (χ3v) is 17.8. The number of para-hydroxylation sites is 4. The van der Waals surface area contributed by atoms with Gasteiger partial charge in [-0.25, -0.2) is 0 Å². The number of fused-ring (bicyclic) bond motifs is 12. The molecule has 0 saturated carbocycles. The van der Waals surface area contributed by atoms with Gasteiger partial charge in [0.2, 0.25) is 0 Å². The van der Waals surface area contributed by atoms with Crippen molar-refractivity contribution in [3.05, 3.63) is 228 Å². The van der Waals surface area contributed by atoms with Crippen LogP contribution in [0.5, 0.6) is 0 Å². The van der Waals surface area contributed by atoms with Crippen LogP contribution >= 0.6 is 0 Å². The van der Waals surface area contributed by atoms with Gasteiger partial charge in [0, 0.05) is 161 Å². The maximum Gasteiger partial charge on any atom is 0.0626 e. The zero-order valence-corrected chi connectivity index (χ0v) is 55.6. The summed E-state index contributed by atoms with van der Waals surface area (Å²) in [5.41, 5.74) is 20.4. The largest absolute Gasteiger partial charge is 0.360 e. The molecular weight excluding hydrogens is 1750 g/mol. The van der Waals surface area contributed by atoms with E-state index in [4.69, 9.17) is 9.97 Å². The summed E-state index contributed by atoms with van der Waals surface area (Å²) in [6.45, 7) is 9.26. The van der Waals surface area contributed by atoms with Gasteiger partial charge in [0.05, 0.1) is 16.9 Å². The second-order valence-corrected chi connectivity index (χ2v) is 23.4. The van der Waals surface area contributed by atoms with Gasteiger partial charge in [-0.1, -0.05) is 134 Å². The second kappa shape index (κ2) is 20.9. The Balaban J connectivity index is 0.000000103. The Hall–Kier alpha value is -6.94. The standard InChI is InChI=1S/2C19H15N2.2C16H10N3.4Ir/c1-19(2)10-12-6-5-9-14-13-7-3-4-8-15(13)18-20-11-16(19)21(18)17(12)14;1-19(2)10-12-11-20-18-15-7-4-3-6-13(15)14-8-5-9-16(19)17(14)21(12)18;1-2-10-4-5-11-8-18-16-14-9-17-7-6-12(14)13(3-1)15(10)19(11)16;1-2-10-4-5-11-8-18-16-13-6-7-17-9-14(13)12(3-1)15(10)19(11)16;;;;/h3-7,9,11H,10H2,1-2H3;3-6,8-9,11H,10H2,1-2H3;1-3,6-8H,4-5H2;1-3,7-9H,4-5H2;;;;/q4*-1;;;;. The van der Waals surface area contributed by atoms with E-state index in [1.807, 2.05) is 43.1 Å². The van der Waals surface area contributed by atoms with Gasteiger partial charge in [-0.05, 0) is 106 Å². The van der Waals surface area contributed by atoms with E-state index in [1.165, 1.54) is 105 Å². The van der Waals surface area contributed by atoms with Crippen LogP contribution in [0.1, 0.15) is 72.7 Å². The minimum absolute atomic E-state index is 0. The monoisotopic (exact) mass is 1800 g/mol. The molecule has 6 aromatic carbocycles. The van der Waals surface area contributed by atoms with Crippen molar-refractivity contribution in [2.24, 2.45) is 0 Å². The summed E-state index contributed by atoms with van der Waals surface area (Å²) in [4.78, 5) is 27.0. The van der Waals surface area contributed by atoms with Gasteiger partial charge in [-0.15, -0.1) is 70.8 Å². The molecule has 420 valence electrons. The number of benzene rings is 6. The summed E-state index contributed by atoms with van der Waals surface area (Å²) < 4.78 is 9.28. The minimum Gasteiger partial charge on any atom is -0.360 e. The molecule has 14 heterocycles. The molecule has 14 heteroatoms. The van der Waals surface area contributed by atoms with Crippen LogP contribution in [0.3, 0.4) is 0 Å². The Morgan fingerprint density at radius 2 is 0.869 bits per heavy atom. The van der Waals surface area contributed by atoms with Crippen molar-refractivity contribution < 1.29 is 80.4 Å². The van der Waals surface area contributed by atoms with Crippen molar-refractivity contribution in [3.63, 3.8) is 0 Å². The molecule has 84 heavy (non-hydrogen) atoms. The second-order valence-electron chi connectivity index (χ2n) is 23.4. The van der Waals surface area contributed by atoms with Crippen LogP contribution in [-0.2, 0) is 130 Å². The molecule has 0 saturated heterocycles. The fourth-order valence-corrected chi connectivity index (χ4v) is 14.3. The molecule has 0 spiro atoms. The van der Waals surface area contributed by atoms with Crippen molar-refractivity contribution in [1.82, 2.24) is 47.5 Å². The molecule has 0 N–H and O–H groups in total. The average molecular weight is 1800 g/mol. The normalized spacial score (nSPS) is 14.4. The van der Waals surface area contributed by atoms with Crippen molar-refractivity contribution in [1.29, 1.82) is 0 Å². The van der Waals surface area contributed by atoms with Crippen LogP contribution in [0.25, 0.3) is 109 Å². The molecule has 0 atom stereocenters. The molecule has 20 rings (SSSR count). The number of imidazole rings is 4. The van der Waals surface area contributed by atoms with Gasteiger partial charge >= 0.3 is 0 Å². The van der Waals surface area contributed by atoms with Crippen molar-refractivity contribution in [2.45, 2.75) is 77.0 Å². The van der Waals surface area contributed by atoms with Crippen LogP contribution < -0.4 is 0 Å². The third kappa shape index (κ3) is 8.13. The number of hydrogen-bond donors (Lipinski definition) is 0. The molecule has 4 radical (unpaired) electrons. The number of pyridine rings is 6. The maximum atomic E-state index is 4.73. The van der Waals surface area contributed by atoms with E-state index in [2.05, 4.69) is 193 Å². The summed E-state index contributed by atoms with van der Waals surface area (Å²) in [6, 6.07) is 50.9. The molecule has 0 amide bonds. The number of hydrogen-bond acceptors (Lipinski definition) is 6. The summed E-state index contributed by atoms with van der Waals surface area (Å²) in [6.07, 6.45) is 23.0. The zero-order valence-electron chi connectivity index (χ0n) is 46.1. The Kier molecular flexibility index (Phi) is 14.0. The minimum atomic E-state index is 0. The van der Waals surface area contributed by atoms with Gasteiger partial charge in [0.1, 0.15) is 0 Å². The summed E-state index contributed by atoms with van der Waals surface area (Å²) in [5, 5.41) is 14.3. The number of nitrogens with zero attached hydrogens (tertiary/aromatic N) is 10. The van der Waals surface area contributed by atoms with Gasteiger partial charge in [0.25, 0.3) is 0 Å². The van der Waals surface area contributed by atoms with Gasteiger partial charge in [0.15, 0.2) is 0 Å². The topological polar surface area (TPSA) is 95.0 Å². The molecule has 0 unspecified atom stereocenters. The molecule has 0 fully saturated rings. The molecule has 16 aromatic rings. The van der Waals surface area contributed by atoms with Crippen LogP contribution in [0.2, 0.25) is 0 Å². The quantitative estimate of drug-likeness (QED) is 0.111. The Bertz CT molecular complexity index is 5200. The van der Waals surface area contributed by atoms with E-state index >= 15 is 0 Å². The fourth-order valence-electron chi connectivity index (χ4n) is 14.3. The summed E-state index contributed by atoms with van der Waals surface area (Å²) in [5.74, 6) is 0. The van der Waals surface area contributed by atoms with E-state index in [1.54, 1.807) is 12.4 Å². The van der Waals surface area contributed by atoms with Crippen LogP contribution in [0.15, 0.2) is 159 Å². The van der Waals surface area contributed by atoms with Crippen molar-refractivity contribution in [2.75, 3.05) is 0 Å². The first kappa shape index (κ1) is 56.2. The van der Waals surface area contributed by atoms with E-state index < -0.39 is 0 Å². The van der Waals surface area contributed by atoms with E-state index in [-0.39, 0.29) is 91.3 Å². The Labute approximate surface area is 537 Å². The fraction of sp³-hybridized carbons (Fsp3) is 0.171. The van der Waals surface area contributed by atoms with Crippen molar-refractivity contribution >= 4 is 109 Å². The molecule has 10 nitrogen and oxygen atoms in total. The predicted molar refractivity (Wildman–Crippen MR) is 320 cm³/mol. The van der Waals surface area contributed by atoms with Crippen molar-refractivity contribution in [3.8, 4) is 0 Å². The van der Waals surface area contributed by atoms with Gasteiger partial charge < -0.3 is 27.6 Å². The van der Waals surface area contributed by atoms with Crippen LogP contribution in [-0.4, -0.2) is 47.5 Å².